The summed E-state index contributed by atoms with van der Waals surface area (Å²) in [5.74, 6) is -3.02. The Morgan fingerprint density at radius 2 is 1.00 bits per heavy atom. The molecule has 0 spiro atoms. The quantitative estimate of drug-likeness (QED) is 0.170. The molecule has 0 N–H and O–H groups in total. The first-order valence-corrected chi connectivity index (χ1v) is 15.5. The van der Waals surface area contributed by atoms with Crippen LogP contribution in [0.3, 0.4) is 0 Å². The highest BCUT2D eigenvalue weighted by Crippen LogP contribution is 2.48. The Kier molecular flexibility index (Phi) is 8.51. The third-order valence-corrected chi connectivity index (χ3v) is 11.5. The van der Waals surface area contributed by atoms with Gasteiger partial charge in [-0.05, 0) is 48.8 Å². The van der Waals surface area contributed by atoms with E-state index in [2.05, 4.69) is 0 Å². The Balaban J connectivity index is 2.01. The maximum Gasteiger partial charge on any atom is 0.337 e. The molecule has 1 heterocycles. The monoisotopic (exact) mass is 579 g/mol. The maximum absolute atomic E-state index is 14.4. The van der Waals surface area contributed by atoms with Crippen LogP contribution in [0.4, 0.5) is 0 Å². The molecule has 0 saturated carbocycles. The molecule has 4 aromatic carbocycles. The standard InChI is InChI=1S/C34H30NO6P/c1-3-40-33(38)29(35-31(36)27-22-14-15-23-28(27)32(35)37)30(34(39)41-4-2)42(24-16-8-5-9-17-24,25-18-10-6-11-19-25)26-20-12-7-13-21-26/h5-23,29H,3-4H2,1-2H3. The van der Waals surface area contributed by atoms with E-state index in [0.29, 0.717) is 0 Å². The molecule has 1 aliphatic rings. The van der Waals surface area contributed by atoms with Crippen molar-refractivity contribution < 1.29 is 28.7 Å². The molecule has 0 aliphatic carbocycles. The van der Waals surface area contributed by atoms with Gasteiger partial charge in [0.2, 0.25) is 0 Å². The fourth-order valence-corrected chi connectivity index (χ4v) is 9.97. The molecular weight excluding hydrogens is 549 g/mol. The van der Waals surface area contributed by atoms with Crippen LogP contribution in [-0.2, 0) is 19.1 Å². The first-order valence-electron chi connectivity index (χ1n) is 13.7. The van der Waals surface area contributed by atoms with E-state index in [0.717, 1.165) is 20.8 Å². The summed E-state index contributed by atoms with van der Waals surface area (Å²) in [4.78, 5) is 57.2. The zero-order valence-corrected chi connectivity index (χ0v) is 24.2. The number of carbonyl (C=O) groups excluding carboxylic acids is 4. The van der Waals surface area contributed by atoms with E-state index in [4.69, 9.17) is 9.47 Å². The molecule has 42 heavy (non-hydrogen) atoms. The second kappa shape index (κ2) is 12.4. The number of fused-ring (bicyclic) bond motifs is 1. The number of nitrogens with zero attached hydrogens (tertiary/aromatic N) is 1. The SMILES string of the molecule is CCOC(=O)C(C(C(=O)OCC)N1C(=O)c2ccccc2C1=O)=P(c1ccccc1)(c1ccccc1)c1ccccc1. The number of hydrogen-bond acceptors (Lipinski definition) is 6. The number of hydrogen-bond donors (Lipinski definition) is 0. The van der Waals surface area contributed by atoms with E-state index < -0.39 is 36.7 Å². The Morgan fingerprint density at radius 1 is 0.619 bits per heavy atom. The van der Waals surface area contributed by atoms with E-state index in [1.165, 1.54) is 12.1 Å². The summed E-state index contributed by atoms with van der Waals surface area (Å²) in [7, 11) is 0. The molecule has 0 fully saturated rings. The second-order valence-corrected chi connectivity index (χ2v) is 12.8. The summed E-state index contributed by atoms with van der Waals surface area (Å²) in [5, 5.41) is 2.23. The molecule has 0 bridgehead atoms. The van der Waals surface area contributed by atoms with Gasteiger partial charge in [0, 0.05) is 0 Å². The van der Waals surface area contributed by atoms with Crippen molar-refractivity contribution >= 4 is 51.8 Å². The zero-order valence-electron chi connectivity index (χ0n) is 23.3. The second-order valence-electron chi connectivity index (χ2n) is 9.46. The smallest absolute Gasteiger partial charge is 0.337 e. The number of benzene rings is 4. The fourth-order valence-electron chi connectivity index (χ4n) is 5.46. The predicted molar refractivity (Wildman–Crippen MR) is 164 cm³/mol. The molecule has 7 nitrogen and oxygen atoms in total. The van der Waals surface area contributed by atoms with Gasteiger partial charge in [-0.15, -0.1) is 0 Å². The first kappa shape index (κ1) is 28.8. The van der Waals surface area contributed by atoms with E-state index in [9.17, 15) is 19.2 Å². The van der Waals surface area contributed by atoms with Gasteiger partial charge in [-0.2, -0.15) is 0 Å². The van der Waals surface area contributed by atoms with Crippen molar-refractivity contribution in [3.05, 3.63) is 126 Å². The summed E-state index contributed by atoms with van der Waals surface area (Å²) in [6, 6.07) is 32.9. The van der Waals surface area contributed by atoms with Crippen LogP contribution in [0.25, 0.3) is 0 Å². The molecule has 0 radical (unpaired) electrons. The number of ether oxygens (including phenoxy) is 2. The lowest BCUT2D eigenvalue weighted by Crippen LogP contribution is -2.55. The number of carbonyl (C=O) groups is 4. The number of rotatable bonds is 9. The Hall–Kier alpha value is -4.74. The van der Waals surface area contributed by atoms with Gasteiger partial charge in [0.05, 0.1) is 29.6 Å². The average Bonchev–Trinajstić information content (AvgIpc) is 3.28. The van der Waals surface area contributed by atoms with E-state index >= 15 is 0 Å². The highest BCUT2D eigenvalue weighted by Gasteiger charge is 2.50. The third-order valence-electron chi connectivity index (χ3n) is 7.13. The van der Waals surface area contributed by atoms with Crippen LogP contribution in [0.5, 0.6) is 0 Å². The van der Waals surface area contributed by atoms with Gasteiger partial charge in [0.25, 0.3) is 11.8 Å². The van der Waals surface area contributed by atoms with Gasteiger partial charge in [-0.1, -0.05) is 103 Å². The van der Waals surface area contributed by atoms with Crippen molar-refractivity contribution in [2.75, 3.05) is 13.2 Å². The van der Waals surface area contributed by atoms with Crippen LogP contribution in [0, 0.1) is 0 Å². The Labute approximate surface area is 244 Å². The van der Waals surface area contributed by atoms with Crippen LogP contribution in [0.15, 0.2) is 115 Å². The predicted octanol–water partition coefficient (Wildman–Crippen LogP) is 3.94. The largest absolute Gasteiger partial charge is 0.464 e. The zero-order chi connectivity index (χ0) is 29.7. The molecule has 1 unspecified atom stereocenters. The van der Waals surface area contributed by atoms with Crippen molar-refractivity contribution in [1.82, 2.24) is 4.90 Å². The van der Waals surface area contributed by atoms with Crippen LogP contribution in [0.2, 0.25) is 0 Å². The number of imide groups is 1. The minimum atomic E-state index is -3.29. The normalized spacial score (nSPS) is 13.3. The molecular formula is C34H30NO6P. The molecule has 212 valence electrons. The van der Waals surface area contributed by atoms with E-state index in [1.54, 1.807) is 26.0 Å². The van der Waals surface area contributed by atoms with Crippen molar-refractivity contribution in [3.63, 3.8) is 0 Å². The maximum atomic E-state index is 14.4. The van der Waals surface area contributed by atoms with Crippen molar-refractivity contribution in [2.24, 2.45) is 0 Å². The van der Waals surface area contributed by atoms with E-state index in [-0.39, 0.29) is 29.6 Å². The van der Waals surface area contributed by atoms with Gasteiger partial charge in [-0.3, -0.25) is 14.5 Å². The first-order chi connectivity index (χ1) is 20.5. The summed E-state index contributed by atoms with van der Waals surface area (Å²) >= 11 is 0. The average molecular weight is 580 g/mol. The Bertz CT molecular complexity index is 1550. The van der Waals surface area contributed by atoms with Crippen LogP contribution in [-0.4, -0.2) is 53.2 Å². The van der Waals surface area contributed by atoms with Crippen LogP contribution in [0.1, 0.15) is 34.6 Å². The molecule has 5 rings (SSSR count). The fraction of sp³-hybridized carbons (Fsp3) is 0.147. The van der Waals surface area contributed by atoms with Crippen LogP contribution >= 0.6 is 6.89 Å². The van der Waals surface area contributed by atoms with Gasteiger partial charge in [0.1, 0.15) is 0 Å². The molecule has 1 atom stereocenters. The molecule has 0 aromatic heterocycles. The summed E-state index contributed by atoms with van der Waals surface area (Å²) < 4.78 is 11.2. The highest BCUT2D eigenvalue weighted by atomic mass is 31.2. The lowest BCUT2D eigenvalue weighted by atomic mass is 10.1. The molecule has 8 heteroatoms. The molecule has 2 amide bonds. The van der Waals surface area contributed by atoms with Crippen molar-refractivity contribution in [2.45, 2.75) is 19.9 Å². The van der Waals surface area contributed by atoms with Gasteiger partial charge >= 0.3 is 11.9 Å². The third kappa shape index (κ3) is 4.86. The van der Waals surface area contributed by atoms with Gasteiger partial charge < -0.3 is 9.47 Å². The molecule has 4 aromatic rings. The van der Waals surface area contributed by atoms with Crippen molar-refractivity contribution in [3.8, 4) is 0 Å². The van der Waals surface area contributed by atoms with Crippen molar-refractivity contribution in [1.29, 1.82) is 0 Å². The lowest BCUT2D eigenvalue weighted by molar-refractivity contribution is -0.146. The Morgan fingerprint density at radius 3 is 1.38 bits per heavy atom. The van der Waals surface area contributed by atoms with E-state index in [1.807, 2.05) is 91.0 Å². The minimum Gasteiger partial charge on any atom is -0.464 e. The molecule has 0 saturated heterocycles. The van der Waals surface area contributed by atoms with Crippen LogP contribution < -0.4 is 15.9 Å². The summed E-state index contributed by atoms with van der Waals surface area (Å²) in [6.07, 6.45) is 0. The highest BCUT2D eigenvalue weighted by molar-refractivity contribution is 7.96. The minimum absolute atomic E-state index is 0.0123. The topological polar surface area (TPSA) is 90.0 Å². The lowest BCUT2D eigenvalue weighted by Gasteiger charge is -2.36. The summed E-state index contributed by atoms with van der Waals surface area (Å²) in [6.45, 7) is 0.00345. The van der Waals surface area contributed by atoms with Gasteiger partial charge in [-0.25, -0.2) is 9.59 Å². The number of amides is 2. The molecule has 1 aliphatic heterocycles. The van der Waals surface area contributed by atoms with Gasteiger partial charge in [0.15, 0.2) is 6.04 Å². The number of esters is 2. The summed E-state index contributed by atoms with van der Waals surface area (Å²) in [5.41, 5.74) is 0.311.